The molecular formula is C11H17N5O3. The summed E-state index contributed by atoms with van der Waals surface area (Å²) in [4.78, 5) is 24.6. The van der Waals surface area contributed by atoms with Gasteiger partial charge in [0.05, 0.1) is 25.3 Å². The van der Waals surface area contributed by atoms with Crippen LogP contribution in [0.2, 0.25) is 0 Å². The van der Waals surface area contributed by atoms with E-state index in [9.17, 15) is 9.59 Å². The number of aromatic nitrogens is 2. The van der Waals surface area contributed by atoms with Crippen LogP contribution < -0.4 is 11.5 Å². The highest BCUT2D eigenvalue weighted by Gasteiger charge is 2.18. The van der Waals surface area contributed by atoms with Crippen molar-refractivity contribution in [3.63, 3.8) is 0 Å². The Labute approximate surface area is 110 Å². The number of hydrogen-bond donors (Lipinski definition) is 2. The summed E-state index contributed by atoms with van der Waals surface area (Å²) < 4.78 is 6.77. The van der Waals surface area contributed by atoms with Gasteiger partial charge in [0.1, 0.15) is 0 Å². The summed E-state index contributed by atoms with van der Waals surface area (Å²) in [5.74, 6) is -1.45. The molecule has 8 nitrogen and oxygen atoms in total. The number of morpholine rings is 1. The third-order valence-electron chi connectivity index (χ3n) is 3.01. The van der Waals surface area contributed by atoms with Crippen LogP contribution in [0.4, 0.5) is 0 Å². The Bertz CT molecular complexity index is 447. The average Bonchev–Trinajstić information content (AvgIpc) is 2.82. The van der Waals surface area contributed by atoms with Gasteiger partial charge < -0.3 is 16.2 Å². The number of ether oxygens (including phenoxy) is 1. The molecule has 8 heteroatoms. The van der Waals surface area contributed by atoms with Gasteiger partial charge in [-0.15, -0.1) is 0 Å². The molecule has 0 spiro atoms. The Morgan fingerprint density at radius 2 is 1.89 bits per heavy atom. The Balaban J connectivity index is 2.02. The van der Waals surface area contributed by atoms with E-state index in [4.69, 9.17) is 16.2 Å². The second-order valence-electron chi connectivity index (χ2n) is 4.34. The minimum atomic E-state index is -0.751. The topological polar surface area (TPSA) is 116 Å². The highest BCUT2D eigenvalue weighted by atomic mass is 16.5. The molecule has 0 aliphatic carbocycles. The Hall–Kier alpha value is -1.93. The highest BCUT2D eigenvalue weighted by Crippen LogP contribution is 2.06. The summed E-state index contributed by atoms with van der Waals surface area (Å²) in [6.45, 7) is 4.50. The van der Waals surface area contributed by atoms with Gasteiger partial charge in [-0.05, 0) is 0 Å². The molecule has 0 aromatic carbocycles. The lowest BCUT2D eigenvalue weighted by molar-refractivity contribution is 0.0359. The van der Waals surface area contributed by atoms with Gasteiger partial charge in [-0.3, -0.25) is 19.2 Å². The van der Waals surface area contributed by atoms with Crippen molar-refractivity contribution < 1.29 is 14.3 Å². The quantitative estimate of drug-likeness (QED) is 0.667. The molecule has 19 heavy (non-hydrogen) atoms. The number of nitrogens with two attached hydrogens (primary N) is 2. The van der Waals surface area contributed by atoms with Crippen LogP contribution in [0.15, 0.2) is 6.20 Å². The van der Waals surface area contributed by atoms with Crippen molar-refractivity contribution in [1.29, 1.82) is 0 Å². The number of carbonyl (C=O) groups excluding carboxylic acids is 2. The molecule has 0 saturated carbocycles. The van der Waals surface area contributed by atoms with Gasteiger partial charge in [0.2, 0.25) is 0 Å². The normalized spacial score (nSPS) is 16.4. The van der Waals surface area contributed by atoms with Crippen LogP contribution in [0.5, 0.6) is 0 Å². The molecule has 4 N–H and O–H groups in total. The molecular weight excluding hydrogens is 250 g/mol. The van der Waals surface area contributed by atoms with Gasteiger partial charge >= 0.3 is 0 Å². The first-order valence-electron chi connectivity index (χ1n) is 6.05. The van der Waals surface area contributed by atoms with Crippen molar-refractivity contribution in [2.75, 3.05) is 32.8 Å². The minimum Gasteiger partial charge on any atom is -0.379 e. The summed E-state index contributed by atoms with van der Waals surface area (Å²) in [6, 6.07) is 0. The summed E-state index contributed by atoms with van der Waals surface area (Å²) in [5.41, 5.74) is 10.3. The van der Waals surface area contributed by atoms with E-state index in [-0.39, 0.29) is 11.3 Å². The van der Waals surface area contributed by atoms with E-state index in [1.54, 1.807) is 0 Å². The van der Waals surface area contributed by atoms with Crippen molar-refractivity contribution in [3.05, 3.63) is 17.5 Å². The van der Waals surface area contributed by atoms with Crippen molar-refractivity contribution >= 4 is 11.8 Å². The molecule has 2 amide bonds. The molecule has 1 aliphatic heterocycles. The van der Waals surface area contributed by atoms with E-state index in [1.165, 1.54) is 10.9 Å². The van der Waals surface area contributed by atoms with Gasteiger partial charge in [0.25, 0.3) is 11.8 Å². The standard InChI is InChI=1S/C11H17N5O3/c12-10(17)8-7-16(14-9(8)11(13)18)2-1-15-3-5-19-6-4-15/h7H,1-6H2,(H2,12,17)(H2,13,18). The Kier molecular flexibility index (Phi) is 4.13. The zero-order valence-electron chi connectivity index (χ0n) is 10.5. The van der Waals surface area contributed by atoms with Crippen LogP contribution in [0, 0.1) is 0 Å². The lowest BCUT2D eigenvalue weighted by Gasteiger charge is -2.26. The zero-order valence-corrected chi connectivity index (χ0v) is 10.5. The van der Waals surface area contributed by atoms with Crippen LogP contribution in [-0.2, 0) is 11.3 Å². The fraction of sp³-hybridized carbons (Fsp3) is 0.545. The number of rotatable bonds is 5. The third-order valence-corrected chi connectivity index (χ3v) is 3.01. The first-order chi connectivity index (χ1) is 9.08. The number of amides is 2. The van der Waals surface area contributed by atoms with Gasteiger partial charge in [0.15, 0.2) is 5.69 Å². The van der Waals surface area contributed by atoms with Crippen LogP contribution >= 0.6 is 0 Å². The van der Waals surface area contributed by atoms with E-state index in [0.717, 1.165) is 32.8 Å². The molecule has 0 bridgehead atoms. The fourth-order valence-electron chi connectivity index (χ4n) is 1.97. The van der Waals surface area contributed by atoms with E-state index >= 15 is 0 Å². The molecule has 0 atom stereocenters. The van der Waals surface area contributed by atoms with E-state index < -0.39 is 11.8 Å². The van der Waals surface area contributed by atoms with Gasteiger partial charge in [-0.25, -0.2) is 0 Å². The monoisotopic (exact) mass is 267 g/mol. The molecule has 0 radical (unpaired) electrons. The maximum absolute atomic E-state index is 11.2. The third kappa shape index (κ3) is 3.30. The van der Waals surface area contributed by atoms with Crippen molar-refractivity contribution in [2.45, 2.75) is 6.54 Å². The van der Waals surface area contributed by atoms with Crippen LogP contribution in [0.1, 0.15) is 20.8 Å². The Morgan fingerprint density at radius 1 is 1.21 bits per heavy atom. The number of nitrogens with zero attached hydrogens (tertiary/aromatic N) is 3. The second-order valence-corrected chi connectivity index (χ2v) is 4.34. The van der Waals surface area contributed by atoms with Gasteiger partial charge in [0, 0.05) is 25.8 Å². The van der Waals surface area contributed by atoms with Crippen LogP contribution in [0.3, 0.4) is 0 Å². The Morgan fingerprint density at radius 3 is 2.42 bits per heavy atom. The number of carbonyl (C=O) groups is 2. The SMILES string of the molecule is NC(=O)c1cn(CCN2CCOCC2)nc1C(N)=O. The molecule has 2 heterocycles. The lowest BCUT2D eigenvalue weighted by atomic mass is 10.2. The van der Waals surface area contributed by atoms with Crippen molar-refractivity contribution in [2.24, 2.45) is 11.5 Å². The van der Waals surface area contributed by atoms with Crippen molar-refractivity contribution in [1.82, 2.24) is 14.7 Å². The number of hydrogen-bond acceptors (Lipinski definition) is 5. The summed E-state index contributed by atoms with van der Waals surface area (Å²) >= 11 is 0. The largest absolute Gasteiger partial charge is 0.379 e. The minimum absolute atomic E-state index is 0.0643. The van der Waals surface area contributed by atoms with E-state index in [2.05, 4.69) is 10.00 Å². The van der Waals surface area contributed by atoms with Crippen molar-refractivity contribution in [3.8, 4) is 0 Å². The molecule has 1 aromatic rings. The summed E-state index contributed by atoms with van der Waals surface area (Å²) in [6.07, 6.45) is 1.46. The second kappa shape index (κ2) is 5.81. The van der Waals surface area contributed by atoms with E-state index in [1.807, 2.05) is 0 Å². The van der Waals surface area contributed by atoms with Crippen LogP contribution in [-0.4, -0.2) is 59.3 Å². The first kappa shape index (κ1) is 13.5. The highest BCUT2D eigenvalue weighted by molar-refractivity contribution is 6.04. The van der Waals surface area contributed by atoms with Gasteiger partial charge in [-0.1, -0.05) is 0 Å². The molecule has 1 fully saturated rings. The summed E-state index contributed by atoms with van der Waals surface area (Å²) in [7, 11) is 0. The fourth-order valence-corrected chi connectivity index (χ4v) is 1.97. The molecule has 2 rings (SSSR count). The zero-order chi connectivity index (χ0) is 13.8. The molecule has 1 aliphatic rings. The maximum Gasteiger partial charge on any atom is 0.270 e. The maximum atomic E-state index is 11.2. The van der Waals surface area contributed by atoms with Gasteiger partial charge in [-0.2, -0.15) is 5.10 Å². The molecule has 1 aromatic heterocycles. The lowest BCUT2D eigenvalue weighted by Crippen LogP contribution is -2.38. The van der Waals surface area contributed by atoms with E-state index in [0.29, 0.717) is 6.54 Å². The summed E-state index contributed by atoms with van der Waals surface area (Å²) in [5, 5.41) is 4.00. The molecule has 1 saturated heterocycles. The predicted molar refractivity (Wildman–Crippen MR) is 66.5 cm³/mol. The first-order valence-corrected chi connectivity index (χ1v) is 6.05. The smallest absolute Gasteiger partial charge is 0.270 e. The average molecular weight is 267 g/mol. The molecule has 0 unspecified atom stereocenters. The predicted octanol–water partition coefficient (Wildman–Crippen LogP) is -1.59. The van der Waals surface area contributed by atoms with Crippen LogP contribution in [0.25, 0.3) is 0 Å². The molecule has 104 valence electrons. The number of primary amides is 2.